The smallest absolute Gasteiger partial charge is 0.295 e. The number of nitrogens with zero attached hydrogens (tertiary/aromatic N) is 2. The highest BCUT2D eigenvalue weighted by Crippen LogP contribution is 2.28. The zero-order chi connectivity index (χ0) is 23.6. The van der Waals surface area contributed by atoms with Crippen molar-refractivity contribution in [2.45, 2.75) is 16.5 Å². The Hall–Kier alpha value is -3.01. The summed E-state index contributed by atoms with van der Waals surface area (Å²) < 4.78 is 46.4. The molecule has 1 amide bonds. The summed E-state index contributed by atoms with van der Waals surface area (Å²) >= 11 is 9.41. The van der Waals surface area contributed by atoms with Crippen LogP contribution in [0.4, 0.5) is 10.2 Å². The molecule has 2 heterocycles. The van der Waals surface area contributed by atoms with Crippen molar-refractivity contribution in [3.8, 4) is 0 Å². The van der Waals surface area contributed by atoms with Gasteiger partial charge in [0.2, 0.25) is 14.9 Å². The summed E-state index contributed by atoms with van der Waals surface area (Å²) in [6.45, 7) is -0.239. The lowest BCUT2D eigenvalue weighted by Crippen LogP contribution is -2.31. The van der Waals surface area contributed by atoms with Gasteiger partial charge in [-0.15, -0.1) is 0 Å². The van der Waals surface area contributed by atoms with E-state index in [0.717, 1.165) is 4.47 Å². The molecule has 6 nitrogen and oxygen atoms in total. The Morgan fingerprint density at radius 3 is 2.45 bits per heavy atom. The third-order valence-electron chi connectivity index (χ3n) is 4.73. The fourth-order valence-electron chi connectivity index (χ4n) is 3.05. The van der Waals surface area contributed by atoms with Gasteiger partial charge in [-0.1, -0.05) is 39.7 Å². The first-order valence-corrected chi connectivity index (χ1v) is 12.2. The number of pyridine rings is 1. The minimum Gasteiger partial charge on any atom is -0.439 e. The summed E-state index contributed by atoms with van der Waals surface area (Å²) in [5.41, 5.74) is 0.0902. The molecule has 0 spiro atoms. The van der Waals surface area contributed by atoms with Crippen molar-refractivity contribution in [2.24, 2.45) is 0 Å². The second-order valence-corrected chi connectivity index (χ2v) is 10.1. The SMILES string of the molecule is O=C(c1ccc(S(=O)(=O)c2ccc(Br)cc2)o1)N(Cc1c(F)cccc1Cl)c1ccccn1. The van der Waals surface area contributed by atoms with Crippen molar-refractivity contribution < 1.29 is 22.0 Å². The number of hydrogen-bond acceptors (Lipinski definition) is 5. The summed E-state index contributed by atoms with van der Waals surface area (Å²) in [6.07, 6.45) is 1.48. The number of anilines is 1. The Kier molecular flexibility index (Phi) is 6.64. The molecule has 33 heavy (non-hydrogen) atoms. The van der Waals surface area contributed by atoms with Crippen molar-refractivity contribution in [3.63, 3.8) is 0 Å². The second-order valence-electron chi connectivity index (χ2n) is 6.86. The predicted molar refractivity (Wildman–Crippen MR) is 124 cm³/mol. The van der Waals surface area contributed by atoms with Crippen molar-refractivity contribution in [1.82, 2.24) is 4.98 Å². The molecule has 0 unspecified atom stereocenters. The number of furan rings is 1. The molecule has 0 N–H and O–H groups in total. The van der Waals surface area contributed by atoms with Crippen LogP contribution >= 0.6 is 27.5 Å². The Morgan fingerprint density at radius 1 is 1.03 bits per heavy atom. The molecule has 10 heteroatoms. The van der Waals surface area contributed by atoms with Crippen LogP contribution in [0.2, 0.25) is 5.02 Å². The fraction of sp³-hybridized carbons (Fsp3) is 0.0435. The van der Waals surface area contributed by atoms with Gasteiger partial charge < -0.3 is 4.42 Å². The van der Waals surface area contributed by atoms with Crippen molar-refractivity contribution in [3.05, 3.63) is 106 Å². The van der Waals surface area contributed by atoms with Gasteiger partial charge in [0, 0.05) is 21.3 Å². The van der Waals surface area contributed by atoms with E-state index in [0.29, 0.717) is 0 Å². The van der Waals surface area contributed by atoms with E-state index < -0.39 is 26.7 Å². The first-order chi connectivity index (χ1) is 15.8. The van der Waals surface area contributed by atoms with Crippen LogP contribution in [0.3, 0.4) is 0 Å². The van der Waals surface area contributed by atoms with E-state index in [1.54, 1.807) is 30.3 Å². The lowest BCUT2D eigenvalue weighted by atomic mass is 10.2. The fourth-order valence-corrected chi connectivity index (χ4v) is 4.71. The molecule has 0 bridgehead atoms. The number of carbonyl (C=O) groups is 1. The number of halogens is 3. The van der Waals surface area contributed by atoms with E-state index in [9.17, 15) is 17.6 Å². The minimum atomic E-state index is -3.99. The van der Waals surface area contributed by atoms with Crippen LogP contribution in [0, 0.1) is 5.82 Å². The first kappa shape index (κ1) is 23.2. The van der Waals surface area contributed by atoms with Gasteiger partial charge >= 0.3 is 0 Å². The number of sulfone groups is 1. The van der Waals surface area contributed by atoms with Gasteiger partial charge in [0.1, 0.15) is 11.6 Å². The molecule has 0 fully saturated rings. The Morgan fingerprint density at radius 2 is 1.79 bits per heavy atom. The monoisotopic (exact) mass is 548 g/mol. The molecule has 0 radical (unpaired) electrons. The summed E-state index contributed by atoms with van der Waals surface area (Å²) in [5.74, 6) is -1.32. The van der Waals surface area contributed by atoms with Gasteiger partial charge in [0.25, 0.3) is 5.91 Å². The van der Waals surface area contributed by atoms with Crippen LogP contribution in [0.5, 0.6) is 0 Å². The summed E-state index contributed by atoms with van der Waals surface area (Å²) in [7, 11) is -3.99. The van der Waals surface area contributed by atoms with E-state index in [1.165, 1.54) is 53.6 Å². The third kappa shape index (κ3) is 4.85. The quantitative estimate of drug-likeness (QED) is 0.299. The Labute approximate surface area is 202 Å². The summed E-state index contributed by atoms with van der Waals surface area (Å²) in [6, 6.07) is 17.6. The lowest BCUT2D eigenvalue weighted by molar-refractivity contribution is 0.0952. The molecule has 0 saturated carbocycles. The van der Waals surface area contributed by atoms with E-state index in [1.807, 2.05) is 0 Å². The van der Waals surface area contributed by atoms with Crippen molar-refractivity contribution >= 4 is 49.1 Å². The van der Waals surface area contributed by atoms with Crippen molar-refractivity contribution in [1.29, 1.82) is 0 Å². The van der Waals surface area contributed by atoms with E-state index in [2.05, 4.69) is 20.9 Å². The van der Waals surface area contributed by atoms with Crippen LogP contribution in [0.15, 0.2) is 97.9 Å². The van der Waals surface area contributed by atoms with Gasteiger partial charge in [-0.3, -0.25) is 9.69 Å². The lowest BCUT2D eigenvalue weighted by Gasteiger charge is -2.21. The maximum absolute atomic E-state index is 14.4. The van der Waals surface area contributed by atoms with E-state index in [-0.39, 0.29) is 33.6 Å². The highest BCUT2D eigenvalue weighted by Gasteiger charge is 2.28. The molecule has 0 saturated heterocycles. The average Bonchev–Trinajstić information content (AvgIpc) is 3.31. The first-order valence-electron chi connectivity index (χ1n) is 9.53. The predicted octanol–water partition coefficient (Wildman–Crippen LogP) is 5.91. The summed E-state index contributed by atoms with van der Waals surface area (Å²) in [4.78, 5) is 18.7. The Bertz CT molecular complexity index is 1390. The molecule has 168 valence electrons. The zero-order valence-electron chi connectivity index (χ0n) is 16.8. The molecule has 2 aromatic heterocycles. The minimum absolute atomic E-state index is 0.0127. The number of aromatic nitrogens is 1. The largest absolute Gasteiger partial charge is 0.439 e. The standard InChI is InChI=1S/C23H15BrClFN2O4S/c24-15-7-9-16(10-8-15)33(30,31)22-12-11-20(32-22)23(29)28(21-6-1-2-13-27-21)14-17-18(25)4-3-5-19(17)26/h1-13H,14H2. The van der Waals surface area contributed by atoms with Gasteiger partial charge in [-0.25, -0.2) is 17.8 Å². The van der Waals surface area contributed by atoms with Gasteiger partial charge in [-0.2, -0.15) is 0 Å². The van der Waals surface area contributed by atoms with Crippen LogP contribution < -0.4 is 4.90 Å². The maximum Gasteiger partial charge on any atom is 0.295 e. The Balaban J connectivity index is 1.70. The van der Waals surface area contributed by atoms with Crippen molar-refractivity contribution in [2.75, 3.05) is 4.90 Å². The number of carbonyl (C=O) groups excluding carboxylic acids is 1. The number of benzene rings is 2. The summed E-state index contributed by atoms with van der Waals surface area (Å²) in [5, 5.41) is -0.250. The van der Waals surface area contributed by atoms with E-state index >= 15 is 0 Å². The molecular weight excluding hydrogens is 535 g/mol. The topological polar surface area (TPSA) is 80.5 Å². The molecule has 0 aliphatic carbocycles. The highest BCUT2D eigenvalue weighted by atomic mass is 79.9. The van der Waals surface area contributed by atoms with Crippen LogP contribution in [-0.4, -0.2) is 19.3 Å². The van der Waals surface area contributed by atoms with E-state index in [4.69, 9.17) is 16.0 Å². The van der Waals surface area contributed by atoms with Crippen LogP contribution in [-0.2, 0) is 16.4 Å². The molecule has 0 atom stereocenters. The molecular formula is C23H15BrClFN2O4S. The molecule has 4 aromatic rings. The third-order valence-corrected chi connectivity index (χ3v) is 7.25. The van der Waals surface area contributed by atoms with Gasteiger partial charge in [0.15, 0.2) is 5.76 Å². The van der Waals surface area contributed by atoms with Gasteiger partial charge in [0.05, 0.1) is 11.4 Å². The van der Waals surface area contributed by atoms with Crippen LogP contribution in [0.1, 0.15) is 16.1 Å². The second kappa shape index (κ2) is 9.46. The molecule has 0 aliphatic heterocycles. The number of rotatable bonds is 6. The number of hydrogen-bond donors (Lipinski definition) is 0. The van der Waals surface area contributed by atoms with Crippen LogP contribution in [0.25, 0.3) is 0 Å². The highest BCUT2D eigenvalue weighted by molar-refractivity contribution is 9.10. The number of amides is 1. The van der Waals surface area contributed by atoms with Gasteiger partial charge in [-0.05, 0) is 60.7 Å². The average molecular weight is 550 g/mol. The maximum atomic E-state index is 14.4. The molecule has 2 aromatic carbocycles. The normalized spacial score (nSPS) is 11.4. The zero-order valence-corrected chi connectivity index (χ0v) is 19.9. The molecule has 4 rings (SSSR count). The molecule has 0 aliphatic rings.